The molecule has 3 heterocycles. The van der Waals surface area contributed by atoms with Gasteiger partial charge in [0.2, 0.25) is 0 Å². The van der Waals surface area contributed by atoms with Crippen LogP contribution in [0, 0.1) is 0 Å². The Morgan fingerprint density at radius 2 is 2.04 bits per heavy atom. The molecule has 0 bridgehead atoms. The monoisotopic (exact) mass is 327 g/mol. The number of pyridine rings is 1. The molecule has 1 N–H and O–H groups in total. The number of likely N-dealkylation sites (tertiary alicyclic amines) is 1. The van der Waals surface area contributed by atoms with Gasteiger partial charge >= 0.3 is 0 Å². The van der Waals surface area contributed by atoms with Gasteiger partial charge in [0.05, 0.1) is 17.7 Å². The molecule has 1 saturated heterocycles. The standard InChI is InChI=1S/C17H21N5O2/c1-21(2)11-17(24)6-8-22(12-17)16(23)13-9-19-15(20-10-13)14-5-3-4-7-18-14/h3-5,7,9-10,24H,6,8,11-12H2,1-2H3/t17-/m1/s1. The second-order valence-corrected chi connectivity index (χ2v) is 6.45. The van der Waals surface area contributed by atoms with Crippen molar-refractivity contribution in [3.63, 3.8) is 0 Å². The average molecular weight is 327 g/mol. The highest BCUT2D eigenvalue weighted by molar-refractivity contribution is 5.94. The third-order valence-electron chi connectivity index (χ3n) is 4.02. The predicted octanol–water partition coefficient (Wildman–Crippen LogP) is 0.677. The quantitative estimate of drug-likeness (QED) is 0.889. The molecule has 1 aliphatic heterocycles. The number of hydrogen-bond donors (Lipinski definition) is 1. The maximum atomic E-state index is 12.6. The van der Waals surface area contributed by atoms with Crippen LogP contribution in [-0.4, -0.2) is 75.1 Å². The minimum absolute atomic E-state index is 0.155. The van der Waals surface area contributed by atoms with Crippen LogP contribution in [0.4, 0.5) is 0 Å². The van der Waals surface area contributed by atoms with Crippen LogP contribution in [-0.2, 0) is 0 Å². The maximum absolute atomic E-state index is 12.6. The lowest BCUT2D eigenvalue weighted by Gasteiger charge is -2.26. The average Bonchev–Trinajstić information content (AvgIpc) is 2.96. The largest absolute Gasteiger partial charge is 0.387 e. The molecule has 1 atom stereocenters. The first-order valence-electron chi connectivity index (χ1n) is 7.87. The van der Waals surface area contributed by atoms with Gasteiger partial charge < -0.3 is 14.9 Å². The molecule has 7 heteroatoms. The molecular weight excluding hydrogens is 306 g/mol. The number of aromatic nitrogens is 3. The smallest absolute Gasteiger partial charge is 0.257 e. The van der Waals surface area contributed by atoms with Crippen LogP contribution >= 0.6 is 0 Å². The van der Waals surface area contributed by atoms with Crippen molar-refractivity contribution in [1.82, 2.24) is 24.8 Å². The summed E-state index contributed by atoms with van der Waals surface area (Å²) in [4.78, 5) is 28.8. The summed E-state index contributed by atoms with van der Waals surface area (Å²) in [5, 5.41) is 10.5. The first kappa shape index (κ1) is 16.5. The Hall–Kier alpha value is -2.38. The second kappa shape index (κ2) is 6.62. The van der Waals surface area contributed by atoms with Gasteiger partial charge in [0, 0.05) is 31.7 Å². The van der Waals surface area contributed by atoms with E-state index in [0.29, 0.717) is 43.1 Å². The van der Waals surface area contributed by atoms with Crippen molar-refractivity contribution in [1.29, 1.82) is 0 Å². The Kier molecular flexibility index (Phi) is 4.55. The summed E-state index contributed by atoms with van der Waals surface area (Å²) in [7, 11) is 3.82. The molecule has 2 aromatic rings. The molecule has 0 aliphatic carbocycles. The van der Waals surface area contributed by atoms with E-state index in [4.69, 9.17) is 0 Å². The van der Waals surface area contributed by atoms with E-state index in [1.807, 2.05) is 37.2 Å². The van der Waals surface area contributed by atoms with Crippen molar-refractivity contribution in [2.24, 2.45) is 0 Å². The first-order chi connectivity index (χ1) is 11.5. The number of β-amino-alcohol motifs (C(OH)–C–C–N with tert-alkyl or cyclic N) is 1. The van der Waals surface area contributed by atoms with Gasteiger partial charge in [-0.1, -0.05) is 6.07 Å². The van der Waals surface area contributed by atoms with Crippen LogP contribution in [0.1, 0.15) is 16.8 Å². The molecule has 2 aromatic heterocycles. The Morgan fingerprint density at radius 3 is 2.67 bits per heavy atom. The number of aliphatic hydroxyl groups is 1. The number of nitrogens with zero attached hydrogens (tertiary/aromatic N) is 5. The second-order valence-electron chi connectivity index (χ2n) is 6.45. The lowest BCUT2D eigenvalue weighted by molar-refractivity contribution is 0.0236. The summed E-state index contributed by atoms with van der Waals surface area (Å²) in [6.45, 7) is 1.39. The van der Waals surface area contributed by atoms with Crippen LogP contribution in [0.15, 0.2) is 36.8 Å². The van der Waals surface area contributed by atoms with Crippen LogP contribution in [0.5, 0.6) is 0 Å². The van der Waals surface area contributed by atoms with Crippen LogP contribution < -0.4 is 0 Å². The van der Waals surface area contributed by atoms with Gasteiger partial charge in [-0.15, -0.1) is 0 Å². The fraction of sp³-hybridized carbons (Fsp3) is 0.412. The third-order valence-corrected chi connectivity index (χ3v) is 4.02. The van der Waals surface area contributed by atoms with Crippen molar-refractivity contribution in [2.75, 3.05) is 33.7 Å². The van der Waals surface area contributed by atoms with E-state index >= 15 is 0 Å². The Labute approximate surface area is 141 Å². The lowest BCUT2D eigenvalue weighted by atomic mass is 10.0. The predicted molar refractivity (Wildman–Crippen MR) is 89.3 cm³/mol. The van der Waals surface area contributed by atoms with E-state index in [1.165, 1.54) is 12.4 Å². The van der Waals surface area contributed by atoms with Gasteiger partial charge in [0.15, 0.2) is 5.82 Å². The normalized spacial score (nSPS) is 20.6. The fourth-order valence-corrected chi connectivity index (χ4v) is 3.00. The molecule has 3 rings (SSSR count). The van der Waals surface area contributed by atoms with E-state index in [1.54, 1.807) is 11.1 Å². The molecule has 1 amide bonds. The SMILES string of the molecule is CN(C)C[C@]1(O)CCN(C(=O)c2cnc(-c3ccccn3)nc2)C1. The molecule has 24 heavy (non-hydrogen) atoms. The van der Waals surface area contributed by atoms with Crippen LogP contribution in [0.25, 0.3) is 11.5 Å². The molecule has 0 aromatic carbocycles. The summed E-state index contributed by atoms with van der Waals surface area (Å²) in [6.07, 6.45) is 5.28. The fourth-order valence-electron chi connectivity index (χ4n) is 3.00. The molecule has 0 radical (unpaired) electrons. The molecule has 7 nitrogen and oxygen atoms in total. The number of hydrogen-bond acceptors (Lipinski definition) is 6. The highest BCUT2D eigenvalue weighted by Crippen LogP contribution is 2.23. The minimum Gasteiger partial charge on any atom is -0.387 e. The highest BCUT2D eigenvalue weighted by atomic mass is 16.3. The van der Waals surface area contributed by atoms with Crippen molar-refractivity contribution in [2.45, 2.75) is 12.0 Å². The summed E-state index contributed by atoms with van der Waals surface area (Å²) in [5.41, 5.74) is 0.232. The summed E-state index contributed by atoms with van der Waals surface area (Å²) in [6, 6.07) is 5.50. The third kappa shape index (κ3) is 3.58. The zero-order chi connectivity index (χ0) is 17.2. The highest BCUT2D eigenvalue weighted by Gasteiger charge is 2.38. The Bertz CT molecular complexity index is 705. The number of carbonyl (C=O) groups excluding carboxylic acids is 1. The first-order valence-corrected chi connectivity index (χ1v) is 7.87. The van der Waals surface area contributed by atoms with E-state index in [0.717, 1.165) is 0 Å². The molecule has 126 valence electrons. The van der Waals surface area contributed by atoms with Gasteiger partial charge in [-0.05, 0) is 32.6 Å². The number of rotatable bonds is 4. The number of likely N-dealkylation sites (N-methyl/N-ethyl adjacent to an activating group) is 1. The molecule has 0 unspecified atom stereocenters. The molecule has 1 fully saturated rings. The van der Waals surface area contributed by atoms with Crippen molar-refractivity contribution < 1.29 is 9.90 Å². The van der Waals surface area contributed by atoms with Gasteiger partial charge in [0.1, 0.15) is 5.69 Å². The summed E-state index contributed by atoms with van der Waals surface area (Å²) >= 11 is 0. The van der Waals surface area contributed by atoms with Crippen molar-refractivity contribution in [3.8, 4) is 11.5 Å². The van der Waals surface area contributed by atoms with Gasteiger partial charge in [-0.3, -0.25) is 9.78 Å². The van der Waals surface area contributed by atoms with E-state index in [2.05, 4.69) is 15.0 Å². The van der Waals surface area contributed by atoms with Crippen molar-refractivity contribution >= 4 is 5.91 Å². The van der Waals surface area contributed by atoms with Gasteiger partial charge in [-0.25, -0.2) is 9.97 Å². The number of amides is 1. The maximum Gasteiger partial charge on any atom is 0.257 e. The summed E-state index contributed by atoms with van der Waals surface area (Å²) in [5.74, 6) is 0.329. The van der Waals surface area contributed by atoms with Crippen LogP contribution in [0.2, 0.25) is 0 Å². The minimum atomic E-state index is -0.853. The van der Waals surface area contributed by atoms with Crippen LogP contribution in [0.3, 0.4) is 0 Å². The molecule has 0 spiro atoms. The van der Waals surface area contributed by atoms with Crippen molar-refractivity contribution in [3.05, 3.63) is 42.4 Å². The Balaban J connectivity index is 1.70. The lowest BCUT2D eigenvalue weighted by Crippen LogP contribution is -2.43. The zero-order valence-electron chi connectivity index (χ0n) is 13.9. The topological polar surface area (TPSA) is 82.5 Å². The van der Waals surface area contributed by atoms with Gasteiger partial charge in [0.25, 0.3) is 5.91 Å². The van der Waals surface area contributed by atoms with Gasteiger partial charge in [-0.2, -0.15) is 0 Å². The zero-order valence-corrected chi connectivity index (χ0v) is 13.9. The summed E-state index contributed by atoms with van der Waals surface area (Å²) < 4.78 is 0. The molecular formula is C17H21N5O2. The molecule has 0 saturated carbocycles. The number of carbonyl (C=O) groups is 1. The van der Waals surface area contributed by atoms with E-state index < -0.39 is 5.60 Å². The Morgan fingerprint density at radius 1 is 1.29 bits per heavy atom. The molecule has 1 aliphatic rings. The van der Waals surface area contributed by atoms with E-state index in [-0.39, 0.29) is 5.91 Å². The van der Waals surface area contributed by atoms with E-state index in [9.17, 15) is 9.90 Å².